The van der Waals surface area contributed by atoms with Gasteiger partial charge < -0.3 is 10.1 Å². The molecular weight excluding hydrogens is 400 g/mol. The molecule has 1 N–H and O–H groups in total. The van der Waals surface area contributed by atoms with E-state index >= 15 is 0 Å². The summed E-state index contributed by atoms with van der Waals surface area (Å²) in [6.07, 6.45) is 1.05. The molecule has 0 radical (unpaired) electrons. The second-order valence-corrected chi connectivity index (χ2v) is 7.76. The number of ether oxygens (including phenoxy) is 1. The summed E-state index contributed by atoms with van der Waals surface area (Å²) in [5.41, 5.74) is 3.24. The van der Waals surface area contributed by atoms with E-state index in [0.29, 0.717) is 24.6 Å². The van der Waals surface area contributed by atoms with Crippen LogP contribution in [0.3, 0.4) is 0 Å². The Bertz CT molecular complexity index is 908. The van der Waals surface area contributed by atoms with Crippen molar-refractivity contribution in [2.24, 2.45) is 0 Å². The zero-order chi connectivity index (χ0) is 17.8. The summed E-state index contributed by atoms with van der Waals surface area (Å²) < 4.78 is 7.73. The smallest absolute Gasteiger partial charge is 0.226 e. The first-order valence-corrected chi connectivity index (χ1v) is 9.69. The molecule has 0 spiro atoms. The van der Waals surface area contributed by atoms with Crippen molar-refractivity contribution in [1.82, 2.24) is 4.98 Å². The minimum atomic E-state index is -0.0386. The van der Waals surface area contributed by atoms with Crippen molar-refractivity contribution >= 4 is 48.5 Å². The number of hydrogen-bond donors (Lipinski definition) is 1. The molecule has 0 aliphatic rings. The highest BCUT2D eigenvalue weighted by molar-refractivity contribution is 9.10. The summed E-state index contributed by atoms with van der Waals surface area (Å²) in [4.78, 5) is 16.6. The number of benzene rings is 2. The quantitative estimate of drug-likeness (QED) is 0.539. The number of hydrogen-bond acceptors (Lipinski definition) is 4. The molecule has 0 aliphatic carbocycles. The van der Waals surface area contributed by atoms with Gasteiger partial charge in [0.25, 0.3) is 0 Å². The standard InChI is InChI=1S/C19H19BrN2O2S/c1-12-8-9-15(14(20)11-12)24-10-4-7-17(23)21-19-22-18-13(2)5-3-6-16(18)25-19/h3,5-6,8-9,11H,4,7,10H2,1-2H3,(H,21,22,23). The van der Waals surface area contributed by atoms with Gasteiger partial charge in [-0.1, -0.05) is 29.5 Å². The zero-order valence-electron chi connectivity index (χ0n) is 14.1. The lowest BCUT2D eigenvalue weighted by Crippen LogP contribution is -2.12. The van der Waals surface area contributed by atoms with E-state index in [-0.39, 0.29) is 5.91 Å². The number of rotatable bonds is 6. The highest BCUT2D eigenvalue weighted by atomic mass is 79.9. The number of thiazole rings is 1. The van der Waals surface area contributed by atoms with Gasteiger partial charge in [-0.3, -0.25) is 4.79 Å². The van der Waals surface area contributed by atoms with Gasteiger partial charge in [0, 0.05) is 6.42 Å². The summed E-state index contributed by atoms with van der Waals surface area (Å²) in [5.74, 6) is 0.760. The summed E-state index contributed by atoms with van der Waals surface area (Å²) >= 11 is 4.98. The minimum absolute atomic E-state index is 0.0386. The Hall–Kier alpha value is -1.92. The van der Waals surface area contributed by atoms with E-state index in [0.717, 1.165) is 26.0 Å². The number of fused-ring (bicyclic) bond motifs is 1. The number of anilines is 1. The van der Waals surface area contributed by atoms with Crippen molar-refractivity contribution in [1.29, 1.82) is 0 Å². The Morgan fingerprint density at radius 2 is 2.12 bits per heavy atom. The SMILES string of the molecule is Cc1ccc(OCCCC(=O)Nc2nc3c(C)cccc3s2)c(Br)c1. The van der Waals surface area contributed by atoms with Crippen molar-refractivity contribution in [2.75, 3.05) is 11.9 Å². The number of carbonyl (C=O) groups is 1. The van der Waals surface area contributed by atoms with Crippen molar-refractivity contribution in [3.05, 3.63) is 52.0 Å². The molecule has 2 aromatic carbocycles. The molecule has 0 fully saturated rings. The number of aromatic nitrogens is 1. The molecule has 0 atom stereocenters. The molecule has 0 saturated carbocycles. The van der Waals surface area contributed by atoms with Crippen LogP contribution in [-0.4, -0.2) is 17.5 Å². The first-order chi connectivity index (χ1) is 12.0. The Morgan fingerprint density at radius 3 is 2.88 bits per heavy atom. The van der Waals surface area contributed by atoms with Crippen LogP contribution in [0.4, 0.5) is 5.13 Å². The normalized spacial score (nSPS) is 10.8. The molecule has 1 heterocycles. The second-order valence-electron chi connectivity index (χ2n) is 5.87. The molecule has 1 aromatic heterocycles. The lowest BCUT2D eigenvalue weighted by atomic mass is 10.2. The summed E-state index contributed by atoms with van der Waals surface area (Å²) in [6, 6.07) is 12.0. The highest BCUT2D eigenvalue weighted by Gasteiger charge is 2.09. The van der Waals surface area contributed by atoms with E-state index in [9.17, 15) is 4.79 Å². The van der Waals surface area contributed by atoms with Gasteiger partial charge in [-0.2, -0.15) is 0 Å². The number of nitrogens with one attached hydrogen (secondary N) is 1. The van der Waals surface area contributed by atoms with Gasteiger partial charge in [0.15, 0.2) is 5.13 Å². The monoisotopic (exact) mass is 418 g/mol. The molecular formula is C19H19BrN2O2S. The maximum atomic E-state index is 12.1. The van der Waals surface area contributed by atoms with Gasteiger partial charge >= 0.3 is 0 Å². The van der Waals surface area contributed by atoms with E-state index < -0.39 is 0 Å². The summed E-state index contributed by atoms with van der Waals surface area (Å²) in [7, 11) is 0. The fourth-order valence-electron chi connectivity index (χ4n) is 2.46. The number of para-hydroxylation sites is 1. The van der Waals surface area contributed by atoms with E-state index in [1.165, 1.54) is 16.9 Å². The van der Waals surface area contributed by atoms with Crippen LogP contribution >= 0.6 is 27.3 Å². The van der Waals surface area contributed by atoms with Crippen molar-refractivity contribution in [3.8, 4) is 5.75 Å². The van der Waals surface area contributed by atoms with E-state index in [4.69, 9.17) is 4.74 Å². The van der Waals surface area contributed by atoms with Crippen molar-refractivity contribution in [3.63, 3.8) is 0 Å². The zero-order valence-corrected chi connectivity index (χ0v) is 16.5. The van der Waals surface area contributed by atoms with Gasteiger partial charge in [0.05, 0.1) is 21.3 Å². The Labute approximate surface area is 159 Å². The third-order valence-corrected chi connectivity index (χ3v) is 5.32. The highest BCUT2D eigenvalue weighted by Crippen LogP contribution is 2.28. The second kappa shape index (κ2) is 7.97. The lowest BCUT2D eigenvalue weighted by Gasteiger charge is -2.08. The maximum absolute atomic E-state index is 12.1. The lowest BCUT2D eigenvalue weighted by molar-refractivity contribution is -0.116. The molecule has 0 unspecified atom stereocenters. The topological polar surface area (TPSA) is 51.2 Å². The number of halogens is 1. The van der Waals surface area contributed by atoms with Crippen LogP contribution in [0.15, 0.2) is 40.9 Å². The van der Waals surface area contributed by atoms with Gasteiger partial charge in [0.2, 0.25) is 5.91 Å². The summed E-state index contributed by atoms with van der Waals surface area (Å²) in [6.45, 7) is 4.55. The molecule has 25 heavy (non-hydrogen) atoms. The van der Waals surface area contributed by atoms with Gasteiger partial charge in [0.1, 0.15) is 5.75 Å². The third-order valence-electron chi connectivity index (χ3n) is 3.76. The molecule has 0 aliphatic heterocycles. The number of aryl methyl sites for hydroxylation is 2. The van der Waals surface area contributed by atoms with Crippen LogP contribution in [0, 0.1) is 13.8 Å². The number of carbonyl (C=O) groups excluding carboxylic acids is 1. The maximum Gasteiger partial charge on any atom is 0.226 e. The van der Waals surface area contributed by atoms with Crippen LogP contribution in [-0.2, 0) is 4.79 Å². The van der Waals surface area contributed by atoms with Gasteiger partial charge in [-0.15, -0.1) is 0 Å². The number of amides is 1. The Morgan fingerprint density at radius 1 is 1.28 bits per heavy atom. The van der Waals surface area contributed by atoms with Crippen LogP contribution in [0.25, 0.3) is 10.2 Å². The Kier molecular flexibility index (Phi) is 5.71. The minimum Gasteiger partial charge on any atom is -0.492 e. The summed E-state index contributed by atoms with van der Waals surface area (Å²) in [5, 5.41) is 3.53. The molecule has 0 bridgehead atoms. The predicted molar refractivity (Wildman–Crippen MR) is 107 cm³/mol. The number of nitrogens with zero attached hydrogens (tertiary/aromatic N) is 1. The van der Waals surface area contributed by atoms with E-state index in [1.54, 1.807) is 0 Å². The first-order valence-electron chi connectivity index (χ1n) is 8.08. The molecule has 0 saturated heterocycles. The van der Waals surface area contributed by atoms with Crippen molar-refractivity contribution < 1.29 is 9.53 Å². The van der Waals surface area contributed by atoms with Crippen molar-refractivity contribution in [2.45, 2.75) is 26.7 Å². The van der Waals surface area contributed by atoms with E-state index in [1.807, 2.05) is 50.2 Å². The van der Waals surface area contributed by atoms with E-state index in [2.05, 4.69) is 26.2 Å². The first kappa shape index (κ1) is 17.9. The van der Waals surface area contributed by atoms with Crippen LogP contribution < -0.4 is 10.1 Å². The van der Waals surface area contributed by atoms with Gasteiger partial charge in [-0.25, -0.2) is 4.98 Å². The van der Waals surface area contributed by atoms with Crippen LogP contribution in [0.1, 0.15) is 24.0 Å². The predicted octanol–water partition coefficient (Wildman–Crippen LogP) is 5.47. The van der Waals surface area contributed by atoms with Gasteiger partial charge in [-0.05, 0) is 65.5 Å². The average molecular weight is 419 g/mol. The fourth-order valence-corrected chi connectivity index (χ4v) is 4.03. The fraction of sp³-hybridized carbons (Fsp3) is 0.263. The average Bonchev–Trinajstić information content (AvgIpc) is 2.97. The third kappa shape index (κ3) is 4.58. The van der Waals surface area contributed by atoms with Crippen LogP contribution in [0.2, 0.25) is 0 Å². The molecule has 6 heteroatoms. The molecule has 3 rings (SSSR count). The largest absolute Gasteiger partial charge is 0.492 e. The van der Waals surface area contributed by atoms with Crippen LogP contribution in [0.5, 0.6) is 5.75 Å². The molecule has 1 amide bonds. The molecule has 130 valence electrons. The Balaban J connectivity index is 1.48. The molecule has 3 aromatic rings. The molecule has 4 nitrogen and oxygen atoms in total.